The largest absolute Gasteiger partial charge is 0.325 e. The first-order valence-electron chi connectivity index (χ1n) is 12.2. The second kappa shape index (κ2) is 10.8. The molecule has 36 heavy (non-hydrogen) atoms. The molecule has 1 saturated heterocycles. The van der Waals surface area contributed by atoms with Gasteiger partial charge in [0.15, 0.2) is 5.82 Å². The van der Waals surface area contributed by atoms with E-state index in [1.807, 2.05) is 25.1 Å². The Balaban J connectivity index is 1.24. The minimum Gasteiger partial charge on any atom is -0.325 e. The number of pyridine rings is 1. The van der Waals surface area contributed by atoms with Crippen molar-refractivity contribution < 1.29 is 0 Å². The summed E-state index contributed by atoms with van der Waals surface area (Å²) in [7, 11) is 0. The third kappa shape index (κ3) is 5.81. The lowest BCUT2D eigenvalue weighted by atomic mass is 10.1. The van der Waals surface area contributed by atoms with Crippen molar-refractivity contribution in [3.05, 3.63) is 78.2 Å². The van der Waals surface area contributed by atoms with Crippen molar-refractivity contribution in [2.24, 2.45) is 0 Å². The van der Waals surface area contributed by atoms with Gasteiger partial charge in [0, 0.05) is 55.5 Å². The molecule has 9 nitrogen and oxygen atoms in total. The summed E-state index contributed by atoms with van der Waals surface area (Å²) in [5.41, 5.74) is 3.88. The number of aromatic nitrogens is 5. The van der Waals surface area contributed by atoms with Crippen molar-refractivity contribution in [1.82, 2.24) is 35.1 Å². The van der Waals surface area contributed by atoms with Crippen LogP contribution in [0.25, 0.3) is 11.5 Å². The van der Waals surface area contributed by atoms with Gasteiger partial charge < -0.3 is 16.0 Å². The molecule has 0 saturated carbocycles. The van der Waals surface area contributed by atoms with Crippen molar-refractivity contribution in [1.29, 1.82) is 0 Å². The molecule has 3 N–H and O–H groups in total. The molecule has 2 atom stereocenters. The molecule has 1 fully saturated rings. The van der Waals surface area contributed by atoms with Gasteiger partial charge in [0.1, 0.15) is 17.3 Å². The van der Waals surface area contributed by atoms with Crippen LogP contribution in [0.5, 0.6) is 0 Å². The molecular weight excluding hydrogens is 450 g/mol. The first-order chi connectivity index (χ1) is 17.5. The maximum atomic E-state index is 4.59. The van der Waals surface area contributed by atoms with Gasteiger partial charge in [0.05, 0.1) is 0 Å². The van der Waals surface area contributed by atoms with E-state index in [0.29, 0.717) is 35.5 Å². The van der Waals surface area contributed by atoms with Crippen LogP contribution in [0.4, 0.5) is 23.3 Å². The van der Waals surface area contributed by atoms with E-state index >= 15 is 0 Å². The molecule has 0 radical (unpaired) electrons. The monoisotopic (exact) mass is 481 g/mol. The molecule has 4 aromatic rings. The normalized spacial score (nSPS) is 18.1. The fourth-order valence-electron chi connectivity index (χ4n) is 4.35. The molecule has 0 aliphatic carbocycles. The topological polar surface area (TPSA) is 104 Å². The molecule has 1 aliphatic rings. The number of piperazine rings is 1. The number of hydrogen-bond acceptors (Lipinski definition) is 9. The SMILES string of the molecule is Cc1cccc(-c2nccc(Nc3ccnc(Nc4ccc(CN5[C@H](C)CNC[C@@H]5C)cc4)n3)n2)n1. The van der Waals surface area contributed by atoms with Gasteiger partial charge >= 0.3 is 0 Å². The third-order valence-electron chi connectivity index (χ3n) is 6.27. The van der Waals surface area contributed by atoms with Gasteiger partial charge in [-0.15, -0.1) is 0 Å². The van der Waals surface area contributed by atoms with Crippen LogP contribution in [0, 0.1) is 6.92 Å². The molecule has 0 unspecified atom stereocenters. The number of benzene rings is 1. The van der Waals surface area contributed by atoms with E-state index < -0.39 is 0 Å². The molecule has 5 rings (SSSR count). The van der Waals surface area contributed by atoms with Crippen LogP contribution in [-0.4, -0.2) is 55.0 Å². The molecular formula is C27H31N9. The lowest BCUT2D eigenvalue weighted by molar-refractivity contribution is 0.109. The summed E-state index contributed by atoms with van der Waals surface area (Å²) in [6.45, 7) is 9.51. The Hall–Kier alpha value is -3.95. The van der Waals surface area contributed by atoms with Crippen molar-refractivity contribution in [3.8, 4) is 11.5 Å². The van der Waals surface area contributed by atoms with E-state index in [0.717, 1.165) is 36.7 Å². The van der Waals surface area contributed by atoms with Crippen LogP contribution in [-0.2, 0) is 6.54 Å². The minimum atomic E-state index is 0.506. The van der Waals surface area contributed by atoms with Gasteiger partial charge in [-0.25, -0.2) is 19.9 Å². The van der Waals surface area contributed by atoms with Gasteiger partial charge in [0.25, 0.3) is 0 Å². The van der Waals surface area contributed by atoms with E-state index in [4.69, 9.17) is 0 Å². The summed E-state index contributed by atoms with van der Waals surface area (Å²) < 4.78 is 0. The zero-order valence-corrected chi connectivity index (χ0v) is 20.8. The Morgan fingerprint density at radius 2 is 1.56 bits per heavy atom. The van der Waals surface area contributed by atoms with Gasteiger partial charge in [-0.3, -0.25) is 4.90 Å². The number of aryl methyl sites for hydroxylation is 1. The first-order valence-corrected chi connectivity index (χ1v) is 12.2. The third-order valence-corrected chi connectivity index (χ3v) is 6.27. The van der Waals surface area contributed by atoms with Crippen LogP contribution < -0.4 is 16.0 Å². The number of nitrogens with zero attached hydrogens (tertiary/aromatic N) is 6. The maximum absolute atomic E-state index is 4.59. The van der Waals surface area contributed by atoms with Crippen LogP contribution in [0.3, 0.4) is 0 Å². The fraction of sp³-hybridized carbons (Fsp3) is 0.296. The maximum Gasteiger partial charge on any atom is 0.229 e. The summed E-state index contributed by atoms with van der Waals surface area (Å²) in [4.78, 5) is 24.9. The summed E-state index contributed by atoms with van der Waals surface area (Å²) in [5.74, 6) is 2.33. The van der Waals surface area contributed by atoms with Crippen molar-refractivity contribution in [2.75, 3.05) is 23.7 Å². The summed E-state index contributed by atoms with van der Waals surface area (Å²) in [5, 5.41) is 10.0. The Morgan fingerprint density at radius 3 is 2.31 bits per heavy atom. The van der Waals surface area contributed by atoms with Crippen LogP contribution in [0.2, 0.25) is 0 Å². The Bertz CT molecular complexity index is 1300. The lowest BCUT2D eigenvalue weighted by Crippen LogP contribution is -2.54. The fourth-order valence-corrected chi connectivity index (χ4v) is 4.35. The highest BCUT2D eigenvalue weighted by Crippen LogP contribution is 2.21. The molecule has 4 heterocycles. The van der Waals surface area contributed by atoms with Crippen LogP contribution >= 0.6 is 0 Å². The quantitative estimate of drug-likeness (QED) is 0.356. The molecule has 0 bridgehead atoms. The van der Waals surface area contributed by atoms with Crippen molar-refractivity contribution in [2.45, 2.75) is 39.4 Å². The summed E-state index contributed by atoms with van der Waals surface area (Å²) in [6.07, 6.45) is 3.42. The highest BCUT2D eigenvalue weighted by atomic mass is 15.2. The average molecular weight is 482 g/mol. The summed E-state index contributed by atoms with van der Waals surface area (Å²) in [6, 6.07) is 18.9. The van der Waals surface area contributed by atoms with Crippen LogP contribution in [0.1, 0.15) is 25.1 Å². The lowest BCUT2D eigenvalue weighted by Gasteiger charge is -2.39. The van der Waals surface area contributed by atoms with E-state index in [1.165, 1.54) is 5.56 Å². The van der Waals surface area contributed by atoms with Crippen molar-refractivity contribution >= 4 is 23.3 Å². The molecule has 9 heteroatoms. The molecule has 1 aromatic carbocycles. The Kier molecular flexibility index (Phi) is 7.11. The van der Waals surface area contributed by atoms with Crippen LogP contribution in [0.15, 0.2) is 67.0 Å². The van der Waals surface area contributed by atoms with E-state index in [2.05, 4.69) is 83.9 Å². The van der Waals surface area contributed by atoms with E-state index in [1.54, 1.807) is 24.5 Å². The van der Waals surface area contributed by atoms with Gasteiger partial charge in [-0.2, -0.15) is 4.98 Å². The number of hydrogen-bond donors (Lipinski definition) is 3. The zero-order chi connectivity index (χ0) is 24.9. The number of nitrogens with one attached hydrogen (secondary N) is 3. The smallest absolute Gasteiger partial charge is 0.229 e. The number of rotatable bonds is 7. The predicted octanol–water partition coefficient (Wildman–Crippen LogP) is 4.31. The van der Waals surface area contributed by atoms with E-state index in [9.17, 15) is 0 Å². The molecule has 0 spiro atoms. The average Bonchev–Trinajstić information content (AvgIpc) is 2.88. The van der Waals surface area contributed by atoms with E-state index in [-0.39, 0.29) is 0 Å². The second-order valence-corrected chi connectivity index (χ2v) is 9.17. The standard InChI is InChI=1S/C27H31N9/c1-18-5-4-6-23(31-18)26-29-13-11-24(34-26)33-25-12-14-30-27(35-25)32-22-9-7-21(8-10-22)17-36-19(2)15-28-16-20(36)3/h4-14,19-20,28H,15-17H2,1-3H3,(H2,29,30,32,33,34,35)/t19-,20+. The van der Waals surface area contributed by atoms with Gasteiger partial charge in [0.2, 0.25) is 5.95 Å². The van der Waals surface area contributed by atoms with Gasteiger partial charge in [-0.05, 0) is 62.7 Å². The minimum absolute atomic E-state index is 0.506. The molecule has 1 aliphatic heterocycles. The van der Waals surface area contributed by atoms with Crippen molar-refractivity contribution in [3.63, 3.8) is 0 Å². The highest BCUT2D eigenvalue weighted by Gasteiger charge is 2.24. The van der Waals surface area contributed by atoms with Gasteiger partial charge in [-0.1, -0.05) is 18.2 Å². The Labute approximate surface area is 211 Å². The molecule has 3 aromatic heterocycles. The predicted molar refractivity (Wildman–Crippen MR) is 142 cm³/mol. The Morgan fingerprint density at radius 1 is 0.833 bits per heavy atom. The number of anilines is 4. The zero-order valence-electron chi connectivity index (χ0n) is 20.8. The highest BCUT2D eigenvalue weighted by molar-refractivity contribution is 5.59. The second-order valence-electron chi connectivity index (χ2n) is 9.17. The molecule has 0 amide bonds. The first kappa shape index (κ1) is 23.8. The summed E-state index contributed by atoms with van der Waals surface area (Å²) >= 11 is 0. The molecule has 184 valence electrons.